The molecular formula is C74H64O2. The van der Waals surface area contributed by atoms with Gasteiger partial charge in [-0.1, -0.05) is 180 Å². The summed E-state index contributed by atoms with van der Waals surface area (Å²) < 4.78 is 13.2. The van der Waals surface area contributed by atoms with Crippen LogP contribution < -0.4 is 4.74 Å². The highest BCUT2D eigenvalue weighted by molar-refractivity contribution is 6.13. The van der Waals surface area contributed by atoms with E-state index >= 15 is 0 Å². The van der Waals surface area contributed by atoms with Gasteiger partial charge >= 0.3 is 0 Å². The van der Waals surface area contributed by atoms with E-state index in [0.717, 1.165) is 16.9 Å². The van der Waals surface area contributed by atoms with Gasteiger partial charge in [-0.2, -0.15) is 0 Å². The van der Waals surface area contributed by atoms with Crippen molar-refractivity contribution in [1.82, 2.24) is 0 Å². The lowest BCUT2D eigenvalue weighted by Crippen LogP contribution is -2.18. The van der Waals surface area contributed by atoms with E-state index < -0.39 is 0 Å². The van der Waals surface area contributed by atoms with Crippen LogP contribution in [0.5, 0.6) is 5.75 Å². The lowest BCUT2D eigenvalue weighted by molar-refractivity contribution is 0.299. The Kier molecular flexibility index (Phi) is 8.91. The molecule has 0 spiro atoms. The fourth-order valence-electron chi connectivity index (χ4n) is 14.8. The predicted molar refractivity (Wildman–Crippen MR) is 319 cm³/mol. The zero-order chi connectivity index (χ0) is 52.3. The van der Waals surface area contributed by atoms with Crippen LogP contribution >= 0.6 is 0 Å². The lowest BCUT2D eigenvalue weighted by Gasteiger charge is -2.29. The Morgan fingerprint density at radius 2 is 0.816 bits per heavy atom. The van der Waals surface area contributed by atoms with Crippen LogP contribution in [0.15, 0.2) is 162 Å². The molecule has 372 valence electrons. The number of furan rings is 1. The Bertz CT molecular complexity index is 4430. The Hall–Kier alpha value is -7.68. The lowest BCUT2D eigenvalue weighted by atomic mass is 9.78. The minimum absolute atomic E-state index is 0.0210. The molecule has 2 heteroatoms. The van der Waals surface area contributed by atoms with Crippen LogP contribution in [0.25, 0.3) is 110 Å². The van der Waals surface area contributed by atoms with Crippen LogP contribution in [0.2, 0.25) is 0 Å². The molecule has 0 N–H and O–H groups in total. The van der Waals surface area contributed by atoms with Gasteiger partial charge in [0.1, 0.15) is 23.5 Å². The maximum Gasteiger partial charge on any atom is 0.139 e. The Morgan fingerprint density at radius 3 is 1.39 bits per heavy atom. The third-order valence-electron chi connectivity index (χ3n) is 18.8. The number of fused-ring (bicyclic) bond motifs is 19. The van der Waals surface area contributed by atoms with Gasteiger partial charge in [0.25, 0.3) is 0 Å². The van der Waals surface area contributed by atoms with Crippen molar-refractivity contribution in [3.8, 4) is 72.5 Å². The minimum Gasteiger partial charge on any atom is -0.488 e. The van der Waals surface area contributed by atoms with Gasteiger partial charge in [0.2, 0.25) is 0 Å². The molecule has 2 heterocycles. The zero-order valence-electron chi connectivity index (χ0n) is 46.0. The van der Waals surface area contributed by atoms with Crippen molar-refractivity contribution in [2.24, 2.45) is 0 Å². The first-order valence-electron chi connectivity index (χ1n) is 27.6. The number of para-hydroxylation sites is 1. The maximum atomic E-state index is 6.64. The third-order valence-corrected chi connectivity index (χ3v) is 18.8. The molecule has 0 bridgehead atoms. The predicted octanol–water partition coefficient (Wildman–Crippen LogP) is 20.3. The molecule has 0 saturated carbocycles. The topological polar surface area (TPSA) is 22.4 Å². The van der Waals surface area contributed by atoms with Gasteiger partial charge in [-0.05, 0) is 193 Å². The van der Waals surface area contributed by atoms with E-state index in [1.54, 1.807) is 0 Å². The highest BCUT2D eigenvalue weighted by Crippen LogP contribution is 2.62. The molecule has 1 aromatic heterocycles. The molecule has 0 saturated heterocycles. The second-order valence-corrected chi connectivity index (χ2v) is 26.4. The van der Waals surface area contributed by atoms with Crippen molar-refractivity contribution >= 4 is 43.5 Å². The fraction of sp³-hybridized carbons (Fsp3) is 0.243. The SMILES string of the molecule is CC(C)(C)c1cccc2c1COc1ccc(-c3cc4c(c5ccccc35)-c3cc5c(cc3C4(C)C)-c3cc4c(cc3C5(C)C)-c3c(cc(-c5ccc6oc7c(C(C)(C)C)cccc7c6c5)c5ccccc35)C4(C)C)cc1-2. The molecule has 76 heavy (non-hydrogen) atoms. The average molecular weight is 985 g/mol. The highest BCUT2D eigenvalue weighted by Gasteiger charge is 2.46. The molecule has 0 atom stereocenters. The molecule has 0 radical (unpaired) electrons. The molecule has 1 aliphatic heterocycles. The van der Waals surface area contributed by atoms with Crippen LogP contribution in [0, 0.1) is 0 Å². The molecule has 11 aromatic rings. The molecule has 0 fully saturated rings. The van der Waals surface area contributed by atoms with E-state index in [4.69, 9.17) is 9.15 Å². The van der Waals surface area contributed by atoms with Gasteiger partial charge in [0.15, 0.2) is 0 Å². The second kappa shape index (κ2) is 14.8. The minimum atomic E-state index is -0.237. The summed E-state index contributed by atoms with van der Waals surface area (Å²) in [5.74, 6) is 0.959. The van der Waals surface area contributed by atoms with Crippen LogP contribution in [0.4, 0.5) is 0 Å². The van der Waals surface area contributed by atoms with Gasteiger partial charge in [0, 0.05) is 43.7 Å². The zero-order valence-corrected chi connectivity index (χ0v) is 46.0. The summed E-state index contributed by atoms with van der Waals surface area (Å²) in [5.41, 5.74) is 29.3. The van der Waals surface area contributed by atoms with E-state index in [1.165, 1.54) is 149 Å². The van der Waals surface area contributed by atoms with Crippen LogP contribution in [-0.4, -0.2) is 0 Å². The molecule has 15 rings (SSSR count). The van der Waals surface area contributed by atoms with Crippen molar-refractivity contribution < 1.29 is 9.15 Å². The maximum absolute atomic E-state index is 6.64. The second-order valence-electron chi connectivity index (χ2n) is 26.4. The molecular weight excluding hydrogens is 921 g/mol. The van der Waals surface area contributed by atoms with Crippen LogP contribution in [0.3, 0.4) is 0 Å². The van der Waals surface area contributed by atoms with Crippen molar-refractivity contribution in [3.05, 3.63) is 208 Å². The van der Waals surface area contributed by atoms with E-state index in [-0.39, 0.29) is 27.1 Å². The smallest absolute Gasteiger partial charge is 0.139 e. The molecule has 0 amide bonds. The van der Waals surface area contributed by atoms with E-state index in [2.05, 4.69) is 241 Å². The molecule has 3 aliphatic carbocycles. The largest absolute Gasteiger partial charge is 0.488 e. The first kappa shape index (κ1) is 45.7. The Morgan fingerprint density at radius 1 is 0.355 bits per heavy atom. The first-order chi connectivity index (χ1) is 36.2. The van der Waals surface area contributed by atoms with Gasteiger partial charge < -0.3 is 9.15 Å². The number of ether oxygens (including phenoxy) is 1. The summed E-state index contributed by atoms with van der Waals surface area (Å²) >= 11 is 0. The highest BCUT2D eigenvalue weighted by atomic mass is 16.5. The monoisotopic (exact) mass is 984 g/mol. The van der Waals surface area contributed by atoms with Gasteiger partial charge in [-0.3, -0.25) is 0 Å². The summed E-state index contributed by atoms with van der Waals surface area (Å²) in [5, 5.41) is 7.54. The van der Waals surface area contributed by atoms with E-state index in [9.17, 15) is 0 Å². The normalized spacial score (nSPS) is 16.0. The standard InChI is InChI=1S/C74H64O2/c1-70(2,3)57-25-17-23-44-52-31-40(27-29-65(52)75-39-56(44)57)48-33-63-67(45-21-15-13-19-42(45)48)54-37-59-50(35-61(54)73(63,9)10)51-36-62-55(38-60(51)72(59,7)8)68-46-22-16-14-20-43(46)49(34-64(68)74(62,11)12)41-28-30-66-53(32-41)47-24-18-26-58(69(47)76-66)71(4,5)6/h13-38H,39H2,1-12H3. The Balaban J connectivity index is 0.860. The summed E-state index contributed by atoms with van der Waals surface area (Å²) in [7, 11) is 0. The van der Waals surface area contributed by atoms with Crippen molar-refractivity contribution in [2.45, 2.75) is 117 Å². The third kappa shape index (κ3) is 5.99. The van der Waals surface area contributed by atoms with Crippen LogP contribution in [-0.2, 0) is 33.7 Å². The molecule has 10 aromatic carbocycles. The first-order valence-corrected chi connectivity index (χ1v) is 27.6. The quantitative estimate of drug-likeness (QED) is 0.172. The number of hydrogen-bond acceptors (Lipinski definition) is 2. The van der Waals surface area contributed by atoms with Crippen molar-refractivity contribution in [2.75, 3.05) is 0 Å². The van der Waals surface area contributed by atoms with Crippen molar-refractivity contribution in [3.63, 3.8) is 0 Å². The summed E-state index contributed by atoms with van der Waals surface area (Å²) in [6.07, 6.45) is 0. The summed E-state index contributed by atoms with van der Waals surface area (Å²) in [4.78, 5) is 0. The van der Waals surface area contributed by atoms with Gasteiger partial charge in [0.05, 0.1) is 0 Å². The Labute approximate surface area is 447 Å². The number of rotatable bonds is 2. The summed E-state index contributed by atoms with van der Waals surface area (Å²) in [6.45, 7) is 29.0. The van der Waals surface area contributed by atoms with E-state index in [0.29, 0.717) is 6.61 Å². The van der Waals surface area contributed by atoms with Crippen LogP contribution in [0.1, 0.15) is 133 Å². The summed E-state index contributed by atoms with van der Waals surface area (Å²) in [6, 6.07) is 60.8. The number of hydrogen-bond donors (Lipinski definition) is 0. The van der Waals surface area contributed by atoms with E-state index in [1.807, 2.05) is 0 Å². The number of benzene rings is 10. The fourth-order valence-corrected chi connectivity index (χ4v) is 14.8. The average Bonchev–Trinajstić information content (AvgIpc) is 4.18. The molecule has 0 unspecified atom stereocenters. The molecule has 4 aliphatic rings. The van der Waals surface area contributed by atoms with Crippen molar-refractivity contribution in [1.29, 1.82) is 0 Å². The van der Waals surface area contributed by atoms with Gasteiger partial charge in [-0.15, -0.1) is 0 Å². The van der Waals surface area contributed by atoms with Gasteiger partial charge in [-0.25, -0.2) is 0 Å². The molecule has 2 nitrogen and oxygen atoms in total.